The van der Waals surface area contributed by atoms with E-state index in [2.05, 4.69) is 5.10 Å². The fourth-order valence-corrected chi connectivity index (χ4v) is 1.98. The molecule has 1 heterocycles. The molecule has 20 heavy (non-hydrogen) atoms. The van der Waals surface area contributed by atoms with E-state index in [0.717, 1.165) is 22.9 Å². The van der Waals surface area contributed by atoms with Gasteiger partial charge in [-0.15, -0.1) is 0 Å². The molecule has 0 unspecified atom stereocenters. The molecular formula is C13H9ClF2N2O2. The van der Waals surface area contributed by atoms with Crippen LogP contribution in [0.5, 0.6) is 0 Å². The largest absolute Gasteiger partial charge is 0.298 e. The SMILES string of the molecule is CC(=O)c1nn(Cc2cc(F)ccc2F)c(Cl)c1C=O. The van der Waals surface area contributed by atoms with Gasteiger partial charge in [0.1, 0.15) is 22.5 Å². The lowest BCUT2D eigenvalue weighted by Crippen LogP contribution is -2.06. The summed E-state index contributed by atoms with van der Waals surface area (Å²) in [6, 6.07) is 2.97. The van der Waals surface area contributed by atoms with Gasteiger partial charge in [0.2, 0.25) is 0 Å². The lowest BCUT2D eigenvalue weighted by Gasteiger charge is -2.05. The minimum Gasteiger partial charge on any atom is -0.298 e. The summed E-state index contributed by atoms with van der Waals surface area (Å²) in [5.74, 6) is -1.67. The van der Waals surface area contributed by atoms with Gasteiger partial charge < -0.3 is 0 Å². The van der Waals surface area contributed by atoms with Crippen molar-refractivity contribution in [3.63, 3.8) is 0 Å². The maximum absolute atomic E-state index is 13.5. The van der Waals surface area contributed by atoms with Crippen molar-refractivity contribution < 1.29 is 18.4 Å². The molecule has 0 bridgehead atoms. The van der Waals surface area contributed by atoms with Crippen molar-refractivity contribution >= 4 is 23.7 Å². The third-order valence-corrected chi connectivity index (χ3v) is 3.10. The van der Waals surface area contributed by atoms with Crippen molar-refractivity contribution in [1.29, 1.82) is 0 Å². The molecular weight excluding hydrogens is 290 g/mol. The molecule has 2 rings (SSSR count). The van der Waals surface area contributed by atoms with E-state index in [-0.39, 0.29) is 28.5 Å². The van der Waals surface area contributed by atoms with Gasteiger partial charge in [0.15, 0.2) is 12.1 Å². The van der Waals surface area contributed by atoms with E-state index in [1.54, 1.807) is 0 Å². The van der Waals surface area contributed by atoms with Gasteiger partial charge in [-0.3, -0.25) is 9.59 Å². The molecule has 2 aromatic rings. The maximum Gasteiger partial charge on any atom is 0.180 e. The number of hydrogen-bond acceptors (Lipinski definition) is 3. The number of carbonyl (C=O) groups excluding carboxylic acids is 2. The monoisotopic (exact) mass is 298 g/mol. The van der Waals surface area contributed by atoms with E-state index < -0.39 is 17.4 Å². The molecule has 0 spiro atoms. The Labute approximate surface area is 118 Å². The smallest absolute Gasteiger partial charge is 0.180 e. The van der Waals surface area contributed by atoms with Crippen LogP contribution in [0.3, 0.4) is 0 Å². The molecule has 0 N–H and O–H groups in total. The van der Waals surface area contributed by atoms with Crippen LogP contribution in [0.2, 0.25) is 5.15 Å². The number of nitrogens with zero attached hydrogens (tertiary/aromatic N) is 2. The highest BCUT2D eigenvalue weighted by Crippen LogP contribution is 2.21. The van der Waals surface area contributed by atoms with Crippen molar-refractivity contribution in [3.05, 3.63) is 51.8 Å². The van der Waals surface area contributed by atoms with Gasteiger partial charge in [0.05, 0.1) is 12.1 Å². The summed E-state index contributed by atoms with van der Waals surface area (Å²) in [5, 5.41) is 3.77. The van der Waals surface area contributed by atoms with Gasteiger partial charge in [-0.2, -0.15) is 5.10 Å². The number of benzene rings is 1. The molecule has 0 saturated carbocycles. The summed E-state index contributed by atoms with van der Waals surface area (Å²) in [6.07, 6.45) is 0.407. The van der Waals surface area contributed by atoms with Crippen molar-refractivity contribution in [2.24, 2.45) is 0 Å². The standard InChI is InChI=1S/C13H9ClF2N2O2/c1-7(20)12-10(6-19)13(14)18(17-12)5-8-4-9(15)2-3-11(8)16/h2-4,6H,5H2,1H3. The Morgan fingerprint density at radius 1 is 1.45 bits per heavy atom. The summed E-state index contributed by atoms with van der Waals surface area (Å²) in [6.45, 7) is 1.05. The van der Waals surface area contributed by atoms with E-state index in [0.29, 0.717) is 6.29 Å². The van der Waals surface area contributed by atoms with Crippen LogP contribution < -0.4 is 0 Å². The van der Waals surface area contributed by atoms with Crippen LogP contribution in [0.1, 0.15) is 33.3 Å². The number of ketones is 1. The first-order chi connectivity index (χ1) is 9.43. The molecule has 104 valence electrons. The number of hydrogen-bond donors (Lipinski definition) is 0. The van der Waals surface area contributed by atoms with Crippen molar-refractivity contribution in [1.82, 2.24) is 9.78 Å². The lowest BCUT2D eigenvalue weighted by molar-refractivity contribution is 0.100. The first-order valence-corrected chi connectivity index (χ1v) is 5.98. The summed E-state index contributed by atoms with van der Waals surface area (Å²) in [7, 11) is 0. The predicted molar refractivity (Wildman–Crippen MR) is 68.1 cm³/mol. The fourth-order valence-electron chi connectivity index (χ4n) is 1.75. The summed E-state index contributed by atoms with van der Waals surface area (Å²) < 4.78 is 27.7. The highest BCUT2D eigenvalue weighted by Gasteiger charge is 2.19. The number of aromatic nitrogens is 2. The first kappa shape index (κ1) is 14.3. The second-order valence-corrected chi connectivity index (χ2v) is 4.48. The van der Waals surface area contributed by atoms with Crippen LogP contribution in [0, 0.1) is 11.6 Å². The summed E-state index contributed by atoms with van der Waals surface area (Å²) in [4.78, 5) is 22.3. The average Bonchev–Trinajstić information content (AvgIpc) is 2.71. The number of Topliss-reactive ketones (excluding diaryl/α,β-unsaturated/α-hetero) is 1. The van der Waals surface area contributed by atoms with Gasteiger partial charge in [-0.25, -0.2) is 13.5 Å². The topological polar surface area (TPSA) is 52.0 Å². The van der Waals surface area contributed by atoms with E-state index in [9.17, 15) is 18.4 Å². The van der Waals surface area contributed by atoms with E-state index in [1.165, 1.54) is 6.92 Å². The van der Waals surface area contributed by atoms with Crippen LogP contribution in [0.15, 0.2) is 18.2 Å². The Balaban J connectivity index is 2.46. The van der Waals surface area contributed by atoms with Gasteiger partial charge >= 0.3 is 0 Å². The van der Waals surface area contributed by atoms with Crippen LogP contribution in [0.25, 0.3) is 0 Å². The van der Waals surface area contributed by atoms with E-state index >= 15 is 0 Å². The molecule has 0 saturated heterocycles. The molecule has 0 atom stereocenters. The van der Waals surface area contributed by atoms with Gasteiger partial charge in [-0.05, 0) is 18.2 Å². The minimum atomic E-state index is -0.630. The average molecular weight is 299 g/mol. The van der Waals surface area contributed by atoms with Crippen molar-refractivity contribution in [2.45, 2.75) is 13.5 Å². The highest BCUT2D eigenvalue weighted by molar-refractivity contribution is 6.32. The molecule has 1 aromatic heterocycles. The summed E-state index contributed by atoms with van der Waals surface area (Å²) >= 11 is 5.92. The normalized spacial score (nSPS) is 10.6. The Hall–Kier alpha value is -2.08. The zero-order chi connectivity index (χ0) is 14.9. The van der Waals surface area contributed by atoms with Crippen LogP contribution in [0.4, 0.5) is 8.78 Å². The first-order valence-electron chi connectivity index (χ1n) is 5.60. The Bertz CT molecular complexity index is 698. The van der Waals surface area contributed by atoms with Crippen LogP contribution >= 0.6 is 11.6 Å². The van der Waals surface area contributed by atoms with Gasteiger partial charge in [-0.1, -0.05) is 11.6 Å². The number of carbonyl (C=O) groups is 2. The maximum atomic E-state index is 13.5. The highest BCUT2D eigenvalue weighted by atomic mass is 35.5. The Kier molecular flexibility index (Phi) is 3.94. The quantitative estimate of drug-likeness (QED) is 0.644. The third kappa shape index (κ3) is 2.60. The molecule has 4 nitrogen and oxygen atoms in total. The summed E-state index contributed by atoms with van der Waals surface area (Å²) in [5.41, 5.74) is -0.139. The Morgan fingerprint density at radius 3 is 2.70 bits per heavy atom. The van der Waals surface area contributed by atoms with Crippen LogP contribution in [-0.2, 0) is 6.54 Å². The second kappa shape index (κ2) is 5.50. The number of halogens is 3. The molecule has 0 amide bonds. The molecule has 7 heteroatoms. The van der Waals surface area contributed by atoms with Gasteiger partial charge in [0, 0.05) is 12.5 Å². The fraction of sp³-hybridized carbons (Fsp3) is 0.154. The third-order valence-electron chi connectivity index (χ3n) is 2.70. The van der Waals surface area contributed by atoms with E-state index in [4.69, 9.17) is 11.6 Å². The van der Waals surface area contributed by atoms with Crippen molar-refractivity contribution in [3.8, 4) is 0 Å². The molecule has 0 aliphatic heterocycles. The van der Waals surface area contributed by atoms with Gasteiger partial charge in [0.25, 0.3) is 0 Å². The minimum absolute atomic E-state index is 0.0157. The zero-order valence-corrected chi connectivity index (χ0v) is 11.1. The number of aldehydes is 1. The lowest BCUT2D eigenvalue weighted by atomic mass is 10.2. The molecule has 1 aromatic carbocycles. The second-order valence-electron chi connectivity index (χ2n) is 4.12. The Morgan fingerprint density at radius 2 is 2.15 bits per heavy atom. The molecule has 0 radical (unpaired) electrons. The molecule has 0 fully saturated rings. The predicted octanol–water partition coefficient (Wildman–Crippen LogP) is 2.88. The zero-order valence-electron chi connectivity index (χ0n) is 10.4. The van der Waals surface area contributed by atoms with Crippen LogP contribution in [-0.4, -0.2) is 21.8 Å². The van der Waals surface area contributed by atoms with Crippen molar-refractivity contribution in [2.75, 3.05) is 0 Å². The molecule has 0 aliphatic rings. The number of rotatable bonds is 4. The molecule has 0 aliphatic carbocycles. The van der Waals surface area contributed by atoms with E-state index in [1.807, 2.05) is 0 Å².